The van der Waals surface area contributed by atoms with Crippen LogP contribution in [0.2, 0.25) is 0 Å². The fraction of sp³-hybridized carbons (Fsp3) is 0.143. The summed E-state index contributed by atoms with van der Waals surface area (Å²) in [6.45, 7) is 11.2. The van der Waals surface area contributed by atoms with E-state index in [-0.39, 0.29) is 31.1 Å². The highest BCUT2D eigenvalue weighted by atomic mass is 14.5. The van der Waals surface area contributed by atoms with Gasteiger partial charge in [0.05, 0.1) is 10.8 Å². The Balaban J connectivity index is 0.000000124. The van der Waals surface area contributed by atoms with Gasteiger partial charge in [-0.15, -0.1) is 0 Å². The van der Waals surface area contributed by atoms with Crippen LogP contribution < -0.4 is 0 Å². The zero-order valence-corrected chi connectivity index (χ0v) is 39.5. The summed E-state index contributed by atoms with van der Waals surface area (Å²) in [7, 11) is 0. The number of aryl methyl sites for hydroxylation is 3. The molecule has 0 bridgehead atoms. The maximum atomic E-state index is 2.40. The van der Waals surface area contributed by atoms with E-state index in [1.54, 1.807) is 0 Å². The molecule has 1 spiro atoms. The maximum Gasteiger partial charge on any atom is 0.0725 e. The molecule has 14 rings (SSSR count). The lowest BCUT2D eigenvalue weighted by molar-refractivity contribution is 0.660. The highest BCUT2D eigenvalue weighted by Gasteiger charge is 2.51. The van der Waals surface area contributed by atoms with Gasteiger partial charge in [-0.05, 0) is 121 Å². The summed E-state index contributed by atoms with van der Waals surface area (Å²) >= 11 is 0. The SMILES string of the molecule is C.C.Cc1ccc2c(c1)C(C)(C)c1ccccc1-2.Cc1ccc2c(c1)C(c1ccccc1)(c1ccccc1)c1ccccc1-2.Cc1ccc2c(c1)C1(c3ccccc3-c3ccccc31)c1ccccc1-2. The summed E-state index contributed by atoms with van der Waals surface area (Å²) in [6, 6.07) is 86.9. The van der Waals surface area contributed by atoms with E-state index in [1.807, 2.05) is 0 Å². The van der Waals surface area contributed by atoms with Gasteiger partial charge in [0.25, 0.3) is 0 Å². The van der Waals surface area contributed by atoms with Crippen molar-refractivity contribution in [3.8, 4) is 44.5 Å². The number of hydrogen-bond acceptors (Lipinski definition) is 0. The van der Waals surface area contributed by atoms with Crippen molar-refractivity contribution in [3.63, 3.8) is 0 Å². The van der Waals surface area contributed by atoms with Crippen molar-refractivity contribution in [2.24, 2.45) is 0 Å². The van der Waals surface area contributed by atoms with Gasteiger partial charge in [-0.1, -0.05) is 282 Å². The fourth-order valence-corrected chi connectivity index (χ4v) is 12.6. The lowest BCUT2D eigenvalue weighted by Gasteiger charge is -2.34. The van der Waals surface area contributed by atoms with Crippen LogP contribution >= 0.6 is 0 Å². The van der Waals surface area contributed by atoms with Gasteiger partial charge < -0.3 is 0 Å². The van der Waals surface area contributed by atoms with E-state index in [9.17, 15) is 0 Å². The Kier molecular flexibility index (Phi) is 11.6. The Hall–Kier alpha value is -7.80. The number of hydrogen-bond donors (Lipinski definition) is 0. The summed E-state index contributed by atoms with van der Waals surface area (Å²) in [4.78, 5) is 0. The van der Waals surface area contributed by atoms with Gasteiger partial charge in [0.1, 0.15) is 0 Å². The van der Waals surface area contributed by atoms with Gasteiger partial charge in [0, 0.05) is 5.41 Å². The van der Waals surface area contributed by atoms with Gasteiger partial charge >= 0.3 is 0 Å². The molecule has 4 aliphatic rings. The molecule has 0 radical (unpaired) electrons. The van der Waals surface area contributed by atoms with Gasteiger partial charge in [0.2, 0.25) is 0 Å². The van der Waals surface area contributed by atoms with E-state index in [0.29, 0.717) is 0 Å². The molecular formula is C70H62. The highest BCUT2D eigenvalue weighted by molar-refractivity contribution is 5.95. The summed E-state index contributed by atoms with van der Waals surface area (Å²) in [6.07, 6.45) is 0. The third-order valence-electron chi connectivity index (χ3n) is 15.5. The molecule has 70 heavy (non-hydrogen) atoms. The van der Waals surface area contributed by atoms with Crippen LogP contribution in [-0.2, 0) is 16.2 Å². The minimum Gasteiger partial charge on any atom is -0.0776 e. The fourth-order valence-electron chi connectivity index (χ4n) is 12.6. The van der Waals surface area contributed by atoms with Crippen LogP contribution in [0.1, 0.15) is 101 Å². The van der Waals surface area contributed by atoms with Crippen molar-refractivity contribution in [2.45, 2.75) is 65.7 Å². The van der Waals surface area contributed by atoms with E-state index >= 15 is 0 Å². The molecule has 0 amide bonds. The third kappa shape index (κ3) is 6.64. The van der Waals surface area contributed by atoms with Crippen LogP contribution in [0.15, 0.2) is 237 Å². The zero-order valence-electron chi connectivity index (χ0n) is 39.5. The number of fused-ring (bicyclic) bond motifs is 16. The lowest BCUT2D eigenvalue weighted by atomic mass is 9.67. The quantitative estimate of drug-likeness (QED) is 0.162. The molecule has 0 heteroatoms. The largest absolute Gasteiger partial charge is 0.0776 e. The van der Waals surface area contributed by atoms with Crippen LogP contribution in [0.5, 0.6) is 0 Å². The molecule has 0 unspecified atom stereocenters. The molecule has 0 saturated carbocycles. The first-order valence-electron chi connectivity index (χ1n) is 24.2. The predicted molar refractivity (Wildman–Crippen MR) is 298 cm³/mol. The highest BCUT2D eigenvalue weighted by Crippen LogP contribution is 2.63. The Bertz CT molecular complexity index is 3360. The van der Waals surface area contributed by atoms with E-state index in [2.05, 4.69) is 271 Å². The predicted octanol–water partition coefficient (Wildman–Crippen LogP) is 18.3. The van der Waals surface area contributed by atoms with E-state index < -0.39 is 0 Å². The average molecular weight is 903 g/mol. The summed E-state index contributed by atoms with van der Waals surface area (Å²) < 4.78 is 0. The summed E-state index contributed by atoms with van der Waals surface area (Å²) in [5, 5.41) is 0. The lowest BCUT2D eigenvalue weighted by Crippen LogP contribution is -2.28. The molecule has 0 fully saturated rings. The molecule has 0 N–H and O–H groups in total. The molecule has 342 valence electrons. The van der Waals surface area contributed by atoms with E-state index in [4.69, 9.17) is 0 Å². The summed E-state index contributed by atoms with van der Waals surface area (Å²) in [5.74, 6) is 0. The van der Waals surface area contributed by atoms with Crippen molar-refractivity contribution in [1.29, 1.82) is 0 Å². The third-order valence-corrected chi connectivity index (χ3v) is 15.5. The van der Waals surface area contributed by atoms with Gasteiger partial charge in [-0.2, -0.15) is 0 Å². The second-order valence-electron chi connectivity index (χ2n) is 19.7. The van der Waals surface area contributed by atoms with Gasteiger partial charge in [-0.3, -0.25) is 0 Å². The van der Waals surface area contributed by atoms with Crippen molar-refractivity contribution in [2.75, 3.05) is 0 Å². The van der Waals surface area contributed by atoms with Crippen LogP contribution in [0.4, 0.5) is 0 Å². The van der Waals surface area contributed by atoms with Crippen LogP contribution in [-0.4, -0.2) is 0 Å². The minimum atomic E-state index is -0.263. The molecule has 0 nitrogen and oxygen atoms in total. The van der Waals surface area contributed by atoms with Crippen molar-refractivity contribution in [3.05, 3.63) is 309 Å². The Morgan fingerprint density at radius 2 is 0.486 bits per heavy atom. The van der Waals surface area contributed by atoms with E-state index in [1.165, 1.54) is 117 Å². The normalized spacial score (nSPS) is 14.2. The second-order valence-corrected chi connectivity index (χ2v) is 19.7. The molecule has 0 saturated heterocycles. The first kappa shape index (κ1) is 46.0. The second kappa shape index (κ2) is 17.6. The molecule has 0 atom stereocenters. The minimum absolute atomic E-state index is 0. The average Bonchev–Trinajstić information content (AvgIpc) is 4.03. The molecular weight excluding hydrogens is 841 g/mol. The smallest absolute Gasteiger partial charge is 0.0725 e. The number of rotatable bonds is 2. The first-order chi connectivity index (χ1) is 33.2. The van der Waals surface area contributed by atoms with Crippen LogP contribution in [0.25, 0.3) is 44.5 Å². The number of benzene rings is 10. The van der Waals surface area contributed by atoms with Gasteiger partial charge in [-0.25, -0.2) is 0 Å². The molecule has 0 heterocycles. The molecule has 4 aliphatic carbocycles. The van der Waals surface area contributed by atoms with Crippen molar-refractivity contribution < 1.29 is 0 Å². The summed E-state index contributed by atoms with van der Waals surface area (Å²) in [5.41, 5.74) is 28.6. The molecule has 10 aromatic carbocycles. The zero-order chi connectivity index (χ0) is 46.2. The standard InChI is InChI=1S/C26H18.C26H20.C16H16.2CH4/c1-17-14-15-21-20-10-4-7-13-24(20)26(25(21)16-17)22-11-5-2-8-18(22)19-9-3-6-12-23(19)26;1-19-16-17-23-22-14-8-9-15-24(22)26(25(23)18-19,20-10-4-2-5-11-20)21-12-6-3-7-13-21;1-11-8-9-13-12-6-4-5-7-14(12)16(2,3)15(13)10-11;;/h2-16H,1H3;2-18H,1H3;4-10H,1-3H3;2*1H4. The monoisotopic (exact) mass is 902 g/mol. The Morgan fingerprint density at radius 1 is 0.229 bits per heavy atom. The van der Waals surface area contributed by atoms with Crippen LogP contribution in [0.3, 0.4) is 0 Å². The molecule has 10 aromatic rings. The Morgan fingerprint density at radius 3 is 0.871 bits per heavy atom. The maximum absolute atomic E-state index is 2.40. The van der Waals surface area contributed by atoms with E-state index in [0.717, 1.165) is 0 Å². The topological polar surface area (TPSA) is 0 Å². The molecule has 0 aromatic heterocycles. The van der Waals surface area contributed by atoms with Crippen molar-refractivity contribution >= 4 is 0 Å². The van der Waals surface area contributed by atoms with Crippen molar-refractivity contribution in [1.82, 2.24) is 0 Å². The van der Waals surface area contributed by atoms with Gasteiger partial charge in [0.15, 0.2) is 0 Å². The Labute approximate surface area is 417 Å². The molecule has 0 aliphatic heterocycles. The van der Waals surface area contributed by atoms with Crippen LogP contribution in [0, 0.1) is 20.8 Å². The first-order valence-corrected chi connectivity index (χ1v) is 24.2.